The average Bonchev–Trinajstić information content (AvgIpc) is 2.77. The van der Waals surface area contributed by atoms with Crippen molar-refractivity contribution in [3.8, 4) is 11.5 Å². The Labute approximate surface area is 129 Å². The number of hydrogen-bond acceptors (Lipinski definition) is 3. The van der Waals surface area contributed by atoms with Crippen LogP contribution in [0.5, 0.6) is 11.5 Å². The van der Waals surface area contributed by atoms with Crippen molar-refractivity contribution in [2.75, 3.05) is 13.2 Å². The molecule has 1 aliphatic rings. The fourth-order valence-corrected chi connectivity index (χ4v) is 3.90. The van der Waals surface area contributed by atoms with Gasteiger partial charge >= 0.3 is 0 Å². The average molecular weight is 360 g/mol. The van der Waals surface area contributed by atoms with Gasteiger partial charge in [0.1, 0.15) is 13.2 Å². The molecule has 1 aromatic heterocycles. The summed E-state index contributed by atoms with van der Waals surface area (Å²) in [6, 6.07) is 8.00. The molecule has 19 heavy (non-hydrogen) atoms. The van der Waals surface area contributed by atoms with Gasteiger partial charge in [-0.3, -0.25) is 0 Å². The van der Waals surface area contributed by atoms with E-state index in [-0.39, 0.29) is 5.38 Å². The van der Waals surface area contributed by atoms with Gasteiger partial charge in [-0.1, -0.05) is 6.07 Å². The van der Waals surface area contributed by atoms with Crippen LogP contribution in [0.15, 0.2) is 28.1 Å². The number of alkyl halides is 1. The molecule has 100 valence electrons. The first-order chi connectivity index (χ1) is 9.15. The van der Waals surface area contributed by atoms with Crippen molar-refractivity contribution in [3.05, 3.63) is 44.1 Å². The number of aryl methyl sites for hydroxylation is 1. The molecule has 2 aromatic rings. The van der Waals surface area contributed by atoms with E-state index in [0.29, 0.717) is 13.2 Å². The summed E-state index contributed by atoms with van der Waals surface area (Å²) in [6.07, 6.45) is 0. The number of thiophene rings is 1. The van der Waals surface area contributed by atoms with Crippen LogP contribution >= 0.6 is 38.9 Å². The van der Waals surface area contributed by atoms with E-state index < -0.39 is 0 Å². The number of hydrogen-bond donors (Lipinski definition) is 0. The van der Waals surface area contributed by atoms with Crippen molar-refractivity contribution < 1.29 is 9.47 Å². The second kappa shape index (κ2) is 5.35. The SMILES string of the molecule is Cc1cc(C(Cl)c2ccc3c(c2)OCCO3)sc1Br. The normalized spacial score (nSPS) is 15.3. The third-order valence-electron chi connectivity index (χ3n) is 2.98. The Morgan fingerprint density at radius 2 is 1.95 bits per heavy atom. The zero-order valence-corrected chi connectivity index (χ0v) is 13.4. The van der Waals surface area contributed by atoms with Crippen LogP contribution in [0.1, 0.15) is 21.4 Å². The molecular formula is C14H12BrClO2S. The van der Waals surface area contributed by atoms with Crippen LogP contribution in [0, 0.1) is 6.92 Å². The molecule has 0 N–H and O–H groups in total. The van der Waals surface area contributed by atoms with Crippen LogP contribution < -0.4 is 9.47 Å². The summed E-state index contributed by atoms with van der Waals surface area (Å²) in [5.74, 6) is 1.57. The Balaban J connectivity index is 1.93. The zero-order valence-electron chi connectivity index (χ0n) is 10.3. The molecule has 0 spiro atoms. The number of ether oxygens (including phenoxy) is 2. The highest BCUT2D eigenvalue weighted by Gasteiger charge is 2.18. The van der Waals surface area contributed by atoms with Crippen LogP contribution in [0.3, 0.4) is 0 Å². The van der Waals surface area contributed by atoms with Gasteiger partial charge in [-0.05, 0) is 52.2 Å². The molecule has 0 fully saturated rings. The smallest absolute Gasteiger partial charge is 0.161 e. The second-order valence-electron chi connectivity index (χ2n) is 4.37. The molecule has 1 atom stereocenters. The highest BCUT2D eigenvalue weighted by Crippen LogP contribution is 2.40. The lowest BCUT2D eigenvalue weighted by Gasteiger charge is -2.19. The minimum absolute atomic E-state index is 0.161. The maximum Gasteiger partial charge on any atom is 0.161 e. The fraction of sp³-hybridized carbons (Fsp3) is 0.286. The summed E-state index contributed by atoms with van der Waals surface area (Å²) < 4.78 is 12.2. The van der Waals surface area contributed by atoms with Crippen molar-refractivity contribution in [2.45, 2.75) is 12.3 Å². The second-order valence-corrected chi connectivity index (χ2v) is 7.21. The summed E-state index contributed by atoms with van der Waals surface area (Å²) in [5.41, 5.74) is 2.24. The largest absolute Gasteiger partial charge is 0.486 e. The molecule has 0 saturated carbocycles. The van der Waals surface area contributed by atoms with Gasteiger partial charge in [0.25, 0.3) is 0 Å². The van der Waals surface area contributed by atoms with E-state index in [1.807, 2.05) is 18.2 Å². The lowest BCUT2D eigenvalue weighted by molar-refractivity contribution is 0.171. The molecule has 0 saturated heterocycles. The van der Waals surface area contributed by atoms with Crippen molar-refractivity contribution in [1.29, 1.82) is 0 Å². The van der Waals surface area contributed by atoms with E-state index in [2.05, 4.69) is 28.9 Å². The first-order valence-electron chi connectivity index (χ1n) is 5.94. The zero-order chi connectivity index (χ0) is 13.4. The van der Waals surface area contributed by atoms with Gasteiger partial charge in [-0.15, -0.1) is 22.9 Å². The van der Waals surface area contributed by atoms with Crippen molar-refractivity contribution in [1.82, 2.24) is 0 Å². The highest BCUT2D eigenvalue weighted by molar-refractivity contribution is 9.11. The van der Waals surface area contributed by atoms with Crippen molar-refractivity contribution in [3.63, 3.8) is 0 Å². The van der Waals surface area contributed by atoms with E-state index in [4.69, 9.17) is 21.1 Å². The molecule has 1 aromatic carbocycles. The van der Waals surface area contributed by atoms with Crippen LogP contribution in [-0.2, 0) is 0 Å². The Morgan fingerprint density at radius 3 is 2.63 bits per heavy atom. The van der Waals surface area contributed by atoms with Gasteiger partial charge in [0.2, 0.25) is 0 Å². The van der Waals surface area contributed by atoms with Gasteiger partial charge < -0.3 is 9.47 Å². The Bertz CT molecular complexity index is 592. The fourth-order valence-electron chi connectivity index (χ4n) is 1.99. The predicted octanol–water partition coefficient (Wildman–Crippen LogP) is 4.92. The number of fused-ring (bicyclic) bond motifs is 1. The summed E-state index contributed by atoms with van der Waals surface area (Å²) in [4.78, 5) is 1.13. The standard InChI is InChI=1S/C14H12BrClO2S/c1-8-6-12(19-14(8)15)13(16)9-2-3-10-11(7-9)18-5-4-17-10/h2-3,6-7,13H,4-5H2,1H3. The van der Waals surface area contributed by atoms with Crippen LogP contribution in [0.25, 0.3) is 0 Å². The monoisotopic (exact) mass is 358 g/mol. The van der Waals surface area contributed by atoms with E-state index in [1.54, 1.807) is 11.3 Å². The molecule has 0 amide bonds. The minimum Gasteiger partial charge on any atom is -0.486 e. The van der Waals surface area contributed by atoms with Gasteiger partial charge in [-0.2, -0.15) is 0 Å². The van der Waals surface area contributed by atoms with Gasteiger partial charge in [-0.25, -0.2) is 0 Å². The van der Waals surface area contributed by atoms with E-state index in [9.17, 15) is 0 Å². The Kier molecular flexibility index (Phi) is 3.74. The van der Waals surface area contributed by atoms with Gasteiger partial charge in [0, 0.05) is 4.88 Å². The lowest BCUT2D eigenvalue weighted by atomic mass is 10.1. The topological polar surface area (TPSA) is 18.5 Å². The van der Waals surface area contributed by atoms with Crippen LogP contribution in [0.4, 0.5) is 0 Å². The molecule has 1 aliphatic heterocycles. The van der Waals surface area contributed by atoms with E-state index in [0.717, 1.165) is 25.7 Å². The summed E-state index contributed by atoms with van der Waals surface area (Å²) in [5, 5.41) is -0.161. The Hall–Kier alpha value is -0.710. The van der Waals surface area contributed by atoms with Gasteiger partial charge in [0.15, 0.2) is 11.5 Å². The number of benzene rings is 1. The summed E-state index contributed by atoms with van der Waals surface area (Å²) in [7, 11) is 0. The lowest BCUT2D eigenvalue weighted by Crippen LogP contribution is -2.15. The van der Waals surface area contributed by atoms with E-state index in [1.165, 1.54) is 5.56 Å². The molecule has 2 nitrogen and oxygen atoms in total. The molecule has 0 radical (unpaired) electrons. The molecule has 0 bridgehead atoms. The molecule has 5 heteroatoms. The molecule has 2 heterocycles. The molecule has 0 aliphatic carbocycles. The minimum atomic E-state index is -0.161. The summed E-state index contributed by atoms with van der Waals surface area (Å²) >= 11 is 11.8. The predicted molar refractivity (Wildman–Crippen MR) is 81.9 cm³/mol. The van der Waals surface area contributed by atoms with Crippen LogP contribution in [0.2, 0.25) is 0 Å². The third-order valence-corrected chi connectivity index (χ3v) is 5.80. The van der Waals surface area contributed by atoms with Crippen molar-refractivity contribution >= 4 is 38.9 Å². The first-order valence-corrected chi connectivity index (χ1v) is 7.99. The number of halogens is 2. The Morgan fingerprint density at radius 1 is 1.21 bits per heavy atom. The van der Waals surface area contributed by atoms with E-state index >= 15 is 0 Å². The maximum atomic E-state index is 6.55. The molecule has 3 rings (SSSR count). The third kappa shape index (κ3) is 2.62. The number of rotatable bonds is 2. The first kappa shape index (κ1) is 13.3. The maximum absolute atomic E-state index is 6.55. The quantitative estimate of drug-likeness (QED) is 0.709. The molecular weight excluding hydrogens is 348 g/mol. The van der Waals surface area contributed by atoms with Crippen molar-refractivity contribution in [2.24, 2.45) is 0 Å². The van der Waals surface area contributed by atoms with Gasteiger partial charge in [0.05, 0.1) is 9.16 Å². The highest BCUT2D eigenvalue weighted by atomic mass is 79.9. The molecule has 1 unspecified atom stereocenters. The van der Waals surface area contributed by atoms with Crippen LogP contribution in [-0.4, -0.2) is 13.2 Å². The summed E-state index contributed by atoms with van der Waals surface area (Å²) in [6.45, 7) is 3.26.